The largest absolute Gasteiger partial charge is 0.494 e. The van der Waals surface area contributed by atoms with Gasteiger partial charge in [-0.3, -0.25) is 13.8 Å². The number of piperidine rings is 1. The van der Waals surface area contributed by atoms with Crippen molar-refractivity contribution in [1.29, 1.82) is 0 Å². The lowest BCUT2D eigenvalue weighted by Gasteiger charge is -2.38. The Morgan fingerprint density at radius 3 is 2.38 bits per heavy atom. The first-order valence-electron chi connectivity index (χ1n) is 13.4. The molecule has 9 nitrogen and oxygen atoms in total. The summed E-state index contributed by atoms with van der Waals surface area (Å²) in [5, 5.41) is 2.91. The highest BCUT2D eigenvalue weighted by Crippen LogP contribution is 2.33. The van der Waals surface area contributed by atoms with Crippen molar-refractivity contribution >= 4 is 22.6 Å². The van der Waals surface area contributed by atoms with Gasteiger partial charge in [-0.2, -0.15) is 0 Å². The average molecular weight is 560 g/mol. The molecule has 0 aliphatic carbocycles. The SMILES string of the molecule is COCCN1CCC(C(N)=O)(S(=O)c2ccc(OCCCNC(=O)c3ccc(OC(C)C)c(C)c3)cc2)CC1. The normalized spacial score (nSPS) is 16.0. The van der Waals surface area contributed by atoms with Gasteiger partial charge in [-0.15, -0.1) is 0 Å². The van der Waals surface area contributed by atoms with E-state index < -0.39 is 21.5 Å². The zero-order valence-corrected chi connectivity index (χ0v) is 24.2. The maximum Gasteiger partial charge on any atom is 0.251 e. The van der Waals surface area contributed by atoms with E-state index in [9.17, 15) is 13.8 Å². The minimum absolute atomic E-state index is 0.0725. The summed E-state index contributed by atoms with van der Waals surface area (Å²) in [4.78, 5) is 27.6. The molecule has 39 heavy (non-hydrogen) atoms. The molecule has 2 amide bonds. The molecule has 3 N–H and O–H groups in total. The van der Waals surface area contributed by atoms with Crippen molar-refractivity contribution < 1.29 is 28.0 Å². The van der Waals surface area contributed by atoms with Crippen molar-refractivity contribution in [3.63, 3.8) is 0 Å². The van der Waals surface area contributed by atoms with Gasteiger partial charge in [0.1, 0.15) is 16.2 Å². The van der Waals surface area contributed by atoms with Gasteiger partial charge in [-0.25, -0.2) is 0 Å². The van der Waals surface area contributed by atoms with E-state index in [1.807, 2.05) is 32.9 Å². The highest BCUT2D eigenvalue weighted by molar-refractivity contribution is 7.87. The monoisotopic (exact) mass is 559 g/mol. The molecule has 1 heterocycles. The Bertz CT molecular complexity index is 1130. The van der Waals surface area contributed by atoms with Gasteiger partial charge in [0.2, 0.25) is 5.91 Å². The second-order valence-corrected chi connectivity index (χ2v) is 11.8. The molecule has 0 saturated carbocycles. The summed E-state index contributed by atoms with van der Waals surface area (Å²) in [5.41, 5.74) is 7.26. The molecule has 1 fully saturated rings. The third-order valence-electron chi connectivity index (χ3n) is 6.79. The Kier molecular flexibility index (Phi) is 11.3. The second-order valence-electron chi connectivity index (χ2n) is 10.0. The summed E-state index contributed by atoms with van der Waals surface area (Å²) in [6, 6.07) is 12.3. The van der Waals surface area contributed by atoms with Crippen molar-refractivity contribution in [2.45, 2.75) is 55.8 Å². The lowest BCUT2D eigenvalue weighted by molar-refractivity contribution is -0.121. The van der Waals surface area contributed by atoms with Crippen molar-refractivity contribution in [3.8, 4) is 11.5 Å². The number of hydrogen-bond acceptors (Lipinski definition) is 7. The van der Waals surface area contributed by atoms with E-state index in [2.05, 4.69) is 10.2 Å². The molecule has 2 aromatic rings. The van der Waals surface area contributed by atoms with Crippen LogP contribution in [0.1, 0.15) is 49.0 Å². The third kappa shape index (κ3) is 8.27. The van der Waals surface area contributed by atoms with E-state index in [0.29, 0.717) is 68.3 Å². The Labute approximate surface area is 233 Å². The fourth-order valence-electron chi connectivity index (χ4n) is 4.51. The van der Waals surface area contributed by atoms with E-state index in [0.717, 1.165) is 17.9 Å². The van der Waals surface area contributed by atoms with Crippen LogP contribution in [0.4, 0.5) is 0 Å². The maximum atomic E-state index is 13.4. The number of carbonyl (C=O) groups excluding carboxylic acids is 2. The van der Waals surface area contributed by atoms with Crippen LogP contribution in [-0.2, 0) is 20.3 Å². The van der Waals surface area contributed by atoms with Gasteiger partial charge < -0.3 is 30.2 Å². The van der Waals surface area contributed by atoms with Gasteiger partial charge in [0.15, 0.2) is 0 Å². The number of nitrogens with one attached hydrogen (secondary N) is 1. The quantitative estimate of drug-likeness (QED) is 0.341. The molecule has 1 unspecified atom stereocenters. The summed E-state index contributed by atoms with van der Waals surface area (Å²) in [5.74, 6) is 0.734. The molecule has 3 rings (SSSR count). The number of ether oxygens (including phenoxy) is 3. The van der Waals surface area contributed by atoms with Crippen LogP contribution in [0.2, 0.25) is 0 Å². The van der Waals surface area contributed by atoms with Gasteiger partial charge in [-0.05, 0) is 88.1 Å². The Morgan fingerprint density at radius 2 is 1.79 bits per heavy atom. The lowest BCUT2D eigenvalue weighted by atomic mass is 9.95. The van der Waals surface area contributed by atoms with Gasteiger partial charge in [0, 0.05) is 43.7 Å². The highest BCUT2D eigenvalue weighted by atomic mass is 32.2. The zero-order valence-electron chi connectivity index (χ0n) is 23.4. The number of benzene rings is 2. The van der Waals surface area contributed by atoms with E-state index >= 15 is 0 Å². The molecule has 1 saturated heterocycles. The van der Waals surface area contributed by atoms with Gasteiger partial charge in [0.05, 0.1) is 30.1 Å². The van der Waals surface area contributed by atoms with Crippen LogP contribution in [-0.4, -0.2) is 78.3 Å². The smallest absolute Gasteiger partial charge is 0.251 e. The van der Waals surface area contributed by atoms with Crippen LogP contribution in [0.3, 0.4) is 0 Å². The highest BCUT2D eigenvalue weighted by Gasteiger charge is 2.46. The van der Waals surface area contributed by atoms with Crippen molar-refractivity contribution in [1.82, 2.24) is 10.2 Å². The summed E-state index contributed by atoms with van der Waals surface area (Å²) in [7, 11) is 0.0868. The zero-order chi connectivity index (χ0) is 28.4. The van der Waals surface area contributed by atoms with Crippen molar-refractivity contribution in [3.05, 3.63) is 53.6 Å². The number of hydrogen-bond donors (Lipinski definition) is 2. The molecular weight excluding hydrogens is 518 g/mol. The number of carbonyl (C=O) groups is 2. The summed E-state index contributed by atoms with van der Waals surface area (Å²) >= 11 is 0. The topological polar surface area (TPSA) is 120 Å². The average Bonchev–Trinajstić information content (AvgIpc) is 2.92. The molecule has 0 spiro atoms. The van der Waals surface area contributed by atoms with E-state index in [1.165, 1.54) is 0 Å². The standard InChI is InChI=1S/C29H41N3O6S/c1-21(2)38-26-11-6-23(20-22(26)3)27(33)31-14-5-18-37-24-7-9-25(10-8-24)39(35)29(28(30)34)12-15-32(16-13-29)17-19-36-4/h6-11,20-21H,5,12-19H2,1-4H3,(H2,30,34)(H,31,33). The predicted molar refractivity (Wildman–Crippen MR) is 152 cm³/mol. The molecule has 214 valence electrons. The van der Waals surface area contributed by atoms with E-state index in [4.69, 9.17) is 19.9 Å². The molecule has 1 aliphatic heterocycles. The van der Waals surface area contributed by atoms with Crippen LogP contribution >= 0.6 is 0 Å². The number of primary amides is 1. The van der Waals surface area contributed by atoms with Crippen molar-refractivity contribution in [2.75, 3.05) is 46.5 Å². The van der Waals surface area contributed by atoms with Crippen molar-refractivity contribution in [2.24, 2.45) is 5.73 Å². The van der Waals surface area contributed by atoms with Crippen LogP contribution in [0.25, 0.3) is 0 Å². The van der Waals surface area contributed by atoms with Crippen LogP contribution in [0, 0.1) is 6.92 Å². The number of rotatable bonds is 14. The minimum atomic E-state index is -1.57. The summed E-state index contributed by atoms with van der Waals surface area (Å²) in [6.45, 7) is 9.40. The molecule has 10 heteroatoms. The minimum Gasteiger partial charge on any atom is -0.494 e. The maximum absolute atomic E-state index is 13.4. The van der Waals surface area contributed by atoms with Gasteiger partial charge >= 0.3 is 0 Å². The fraction of sp³-hybridized carbons (Fsp3) is 0.517. The fourth-order valence-corrected chi connectivity index (χ4v) is 6.08. The molecule has 0 bridgehead atoms. The lowest BCUT2D eigenvalue weighted by Crippen LogP contribution is -2.55. The number of nitrogens with two attached hydrogens (primary N) is 1. The number of amides is 2. The Hall–Kier alpha value is -2.95. The number of nitrogens with zero attached hydrogens (tertiary/aromatic N) is 1. The summed E-state index contributed by atoms with van der Waals surface area (Å²) in [6.07, 6.45) is 1.58. The molecule has 1 aliphatic rings. The van der Waals surface area contributed by atoms with Crippen LogP contribution in [0.5, 0.6) is 11.5 Å². The summed E-state index contributed by atoms with van der Waals surface area (Å²) < 4.78 is 29.0. The number of aryl methyl sites for hydroxylation is 1. The Balaban J connectivity index is 1.45. The van der Waals surface area contributed by atoms with E-state index in [1.54, 1.807) is 37.4 Å². The first-order valence-corrected chi connectivity index (χ1v) is 14.5. The van der Waals surface area contributed by atoms with E-state index in [-0.39, 0.29) is 12.0 Å². The first kappa shape index (κ1) is 30.6. The molecular formula is C29H41N3O6S. The van der Waals surface area contributed by atoms with Gasteiger partial charge in [0.25, 0.3) is 5.91 Å². The van der Waals surface area contributed by atoms with Crippen LogP contribution in [0.15, 0.2) is 47.4 Å². The first-order chi connectivity index (χ1) is 18.7. The second kappa shape index (κ2) is 14.4. The molecule has 1 atom stereocenters. The molecule has 0 radical (unpaired) electrons. The number of likely N-dealkylation sites (tertiary alicyclic amines) is 1. The Morgan fingerprint density at radius 1 is 1.10 bits per heavy atom. The van der Waals surface area contributed by atoms with Gasteiger partial charge in [-0.1, -0.05) is 0 Å². The van der Waals surface area contributed by atoms with Crippen LogP contribution < -0.4 is 20.5 Å². The number of methoxy groups -OCH3 is 1. The molecule has 2 aromatic carbocycles. The predicted octanol–water partition coefficient (Wildman–Crippen LogP) is 3.06. The third-order valence-corrected chi connectivity index (χ3v) is 8.81. The molecule has 0 aromatic heterocycles.